The fourth-order valence-corrected chi connectivity index (χ4v) is 2.68. The van der Waals surface area contributed by atoms with Gasteiger partial charge in [0.2, 0.25) is 0 Å². The molecule has 0 aliphatic carbocycles. The van der Waals surface area contributed by atoms with Crippen molar-refractivity contribution >= 4 is 5.97 Å². The molecule has 2 heterocycles. The highest BCUT2D eigenvalue weighted by atomic mass is 16.4. The Labute approximate surface area is 108 Å². The highest BCUT2D eigenvalue weighted by Crippen LogP contribution is 2.16. The van der Waals surface area contributed by atoms with Gasteiger partial charge in [-0.05, 0) is 14.1 Å². The Hall–Kier alpha value is -0.690. The summed E-state index contributed by atoms with van der Waals surface area (Å²) in [4.78, 5) is 15.6. The van der Waals surface area contributed by atoms with Crippen LogP contribution < -0.4 is 10.6 Å². The van der Waals surface area contributed by atoms with E-state index in [1.165, 1.54) is 0 Å². The topological polar surface area (TPSA) is 67.8 Å². The largest absolute Gasteiger partial charge is 0.481 e. The van der Waals surface area contributed by atoms with Gasteiger partial charge in [-0.25, -0.2) is 0 Å². The van der Waals surface area contributed by atoms with Crippen molar-refractivity contribution in [2.24, 2.45) is 0 Å². The first kappa shape index (κ1) is 13.7. The molecule has 2 rings (SSSR count). The summed E-state index contributed by atoms with van der Waals surface area (Å²) in [6.07, 6.45) is 0.201. The van der Waals surface area contributed by atoms with E-state index in [1.54, 1.807) is 0 Å². The van der Waals surface area contributed by atoms with Crippen molar-refractivity contribution in [1.82, 2.24) is 20.4 Å². The van der Waals surface area contributed by atoms with Gasteiger partial charge in [-0.3, -0.25) is 9.69 Å². The van der Waals surface area contributed by atoms with Crippen LogP contribution in [-0.2, 0) is 4.79 Å². The van der Waals surface area contributed by atoms with Crippen LogP contribution in [0.5, 0.6) is 0 Å². The van der Waals surface area contributed by atoms with Crippen molar-refractivity contribution in [1.29, 1.82) is 0 Å². The van der Waals surface area contributed by atoms with Crippen molar-refractivity contribution in [3.63, 3.8) is 0 Å². The number of rotatable bonds is 5. The van der Waals surface area contributed by atoms with Crippen molar-refractivity contribution in [3.05, 3.63) is 0 Å². The fourth-order valence-electron chi connectivity index (χ4n) is 2.68. The summed E-state index contributed by atoms with van der Waals surface area (Å²) in [6, 6.07) is 0.468. The van der Waals surface area contributed by atoms with Crippen LogP contribution in [0.3, 0.4) is 0 Å². The van der Waals surface area contributed by atoms with Crippen LogP contribution in [0.4, 0.5) is 0 Å². The SMILES string of the molecule is CN1CCN(C)C(CNC2(CC(=O)O)CNC2)C1. The third kappa shape index (κ3) is 3.20. The van der Waals surface area contributed by atoms with Gasteiger partial charge in [-0.1, -0.05) is 0 Å². The summed E-state index contributed by atoms with van der Waals surface area (Å²) in [7, 11) is 4.28. The lowest BCUT2D eigenvalue weighted by Gasteiger charge is -2.45. The molecule has 2 saturated heterocycles. The second kappa shape index (κ2) is 5.52. The van der Waals surface area contributed by atoms with E-state index in [0.29, 0.717) is 6.04 Å². The molecule has 104 valence electrons. The van der Waals surface area contributed by atoms with Crippen LogP contribution in [0.1, 0.15) is 6.42 Å². The lowest BCUT2D eigenvalue weighted by molar-refractivity contribution is -0.139. The zero-order chi connectivity index (χ0) is 13.2. The van der Waals surface area contributed by atoms with Gasteiger partial charge in [-0.2, -0.15) is 0 Å². The van der Waals surface area contributed by atoms with Gasteiger partial charge >= 0.3 is 5.97 Å². The summed E-state index contributed by atoms with van der Waals surface area (Å²) < 4.78 is 0. The number of nitrogens with one attached hydrogen (secondary N) is 2. The number of aliphatic carboxylic acids is 1. The number of likely N-dealkylation sites (N-methyl/N-ethyl adjacent to an activating group) is 2. The molecule has 0 aromatic heterocycles. The second-order valence-corrected chi connectivity index (χ2v) is 5.73. The van der Waals surface area contributed by atoms with E-state index in [4.69, 9.17) is 5.11 Å². The molecular weight excluding hydrogens is 232 g/mol. The first-order valence-corrected chi connectivity index (χ1v) is 6.57. The van der Waals surface area contributed by atoms with Gasteiger partial charge < -0.3 is 20.6 Å². The van der Waals surface area contributed by atoms with Gasteiger partial charge in [0.25, 0.3) is 0 Å². The Balaban J connectivity index is 1.83. The minimum atomic E-state index is -0.724. The number of hydrogen-bond acceptors (Lipinski definition) is 5. The highest BCUT2D eigenvalue weighted by molar-refractivity contribution is 5.68. The Morgan fingerprint density at radius 1 is 1.44 bits per heavy atom. The van der Waals surface area contributed by atoms with Gasteiger partial charge in [0.15, 0.2) is 0 Å². The molecule has 6 nitrogen and oxygen atoms in total. The number of nitrogens with zero attached hydrogens (tertiary/aromatic N) is 2. The summed E-state index contributed by atoms with van der Waals surface area (Å²) in [5.41, 5.74) is -0.233. The molecule has 0 saturated carbocycles. The minimum Gasteiger partial charge on any atom is -0.481 e. The number of hydrogen-bond donors (Lipinski definition) is 3. The third-order valence-corrected chi connectivity index (χ3v) is 4.11. The molecule has 1 atom stereocenters. The van der Waals surface area contributed by atoms with E-state index in [-0.39, 0.29) is 12.0 Å². The average Bonchev–Trinajstić information content (AvgIpc) is 2.26. The van der Waals surface area contributed by atoms with Crippen LogP contribution in [-0.4, -0.2) is 85.8 Å². The predicted molar refractivity (Wildman–Crippen MR) is 69.8 cm³/mol. The maximum Gasteiger partial charge on any atom is 0.305 e. The monoisotopic (exact) mass is 256 g/mol. The van der Waals surface area contributed by atoms with Crippen molar-refractivity contribution < 1.29 is 9.90 Å². The molecular formula is C12H24N4O2. The third-order valence-electron chi connectivity index (χ3n) is 4.11. The molecule has 0 spiro atoms. The van der Waals surface area contributed by atoms with E-state index in [0.717, 1.165) is 39.3 Å². The van der Waals surface area contributed by atoms with E-state index in [2.05, 4.69) is 34.5 Å². The number of carboxylic acids is 1. The maximum atomic E-state index is 10.9. The Bertz CT molecular complexity index is 306. The minimum absolute atomic E-state index is 0.201. The van der Waals surface area contributed by atoms with E-state index >= 15 is 0 Å². The molecule has 0 bridgehead atoms. The number of carbonyl (C=O) groups is 1. The molecule has 6 heteroatoms. The molecule has 0 aromatic carbocycles. The summed E-state index contributed by atoms with van der Waals surface area (Å²) in [5.74, 6) is -0.724. The van der Waals surface area contributed by atoms with E-state index < -0.39 is 5.97 Å². The molecule has 1 unspecified atom stereocenters. The Morgan fingerprint density at radius 3 is 2.72 bits per heavy atom. The molecule has 0 amide bonds. The molecule has 2 aliphatic rings. The zero-order valence-corrected chi connectivity index (χ0v) is 11.3. The smallest absolute Gasteiger partial charge is 0.305 e. The lowest BCUT2D eigenvalue weighted by Crippen LogP contribution is -2.70. The first-order valence-electron chi connectivity index (χ1n) is 6.57. The fraction of sp³-hybridized carbons (Fsp3) is 0.917. The highest BCUT2D eigenvalue weighted by Gasteiger charge is 2.39. The molecule has 2 aliphatic heterocycles. The van der Waals surface area contributed by atoms with Crippen LogP contribution in [0.25, 0.3) is 0 Å². The van der Waals surface area contributed by atoms with Gasteiger partial charge in [0, 0.05) is 45.3 Å². The van der Waals surface area contributed by atoms with Crippen LogP contribution >= 0.6 is 0 Å². The zero-order valence-electron chi connectivity index (χ0n) is 11.3. The summed E-state index contributed by atoms with van der Waals surface area (Å²) in [5, 5.41) is 15.6. The lowest BCUT2D eigenvalue weighted by atomic mass is 9.88. The Kier molecular flexibility index (Phi) is 4.21. The van der Waals surface area contributed by atoms with Crippen molar-refractivity contribution in [2.45, 2.75) is 18.0 Å². The quantitative estimate of drug-likeness (QED) is 0.564. The van der Waals surface area contributed by atoms with Gasteiger partial charge in [0.1, 0.15) is 0 Å². The van der Waals surface area contributed by atoms with Crippen LogP contribution in [0.2, 0.25) is 0 Å². The molecule has 2 fully saturated rings. The molecule has 0 aromatic rings. The standard InChI is InChI=1S/C12H24N4O2/c1-15-3-4-16(2)10(7-15)6-14-12(5-11(17)18)8-13-9-12/h10,13-14H,3-9H2,1-2H3,(H,17,18). The van der Waals surface area contributed by atoms with Crippen molar-refractivity contribution in [2.75, 3.05) is 53.4 Å². The van der Waals surface area contributed by atoms with Crippen molar-refractivity contribution in [3.8, 4) is 0 Å². The average molecular weight is 256 g/mol. The first-order chi connectivity index (χ1) is 8.51. The van der Waals surface area contributed by atoms with Gasteiger partial charge in [-0.15, -0.1) is 0 Å². The maximum absolute atomic E-state index is 10.9. The summed E-state index contributed by atoms with van der Waals surface area (Å²) >= 11 is 0. The summed E-state index contributed by atoms with van der Waals surface area (Å²) in [6.45, 7) is 5.59. The van der Waals surface area contributed by atoms with E-state index in [9.17, 15) is 4.79 Å². The number of piperazine rings is 1. The number of carboxylic acid groups (broad SMARTS) is 1. The van der Waals surface area contributed by atoms with Gasteiger partial charge in [0.05, 0.1) is 12.0 Å². The van der Waals surface area contributed by atoms with E-state index in [1.807, 2.05) is 0 Å². The molecule has 18 heavy (non-hydrogen) atoms. The predicted octanol–water partition coefficient (Wildman–Crippen LogP) is -1.36. The normalized spacial score (nSPS) is 28.9. The van der Waals surface area contributed by atoms with Crippen LogP contribution in [0.15, 0.2) is 0 Å². The molecule has 0 radical (unpaired) electrons. The Morgan fingerprint density at radius 2 is 2.17 bits per heavy atom. The van der Waals surface area contributed by atoms with Crippen LogP contribution in [0, 0.1) is 0 Å². The molecule has 3 N–H and O–H groups in total. The second-order valence-electron chi connectivity index (χ2n) is 5.73.